The zero-order valence-corrected chi connectivity index (χ0v) is 18.7. The third-order valence-electron chi connectivity index (χ3n) is 5.04. The molecule has 8 heteroatoms. The molecular formula is C25H19N3O4S. The minimum absolute atomic E-state index is 0.0453. The highest BCUT2D eigenvalue weighted by Crippen LogP contribution is 2.28. The summed E-state index contributed by atoms with van der Waals surface area (Å²) in [5, 5.41) is 9.70. The van der Waals surface area contributed by atoms with Gasteiger partial charge < -0.3 is 4.74 Å². The van der Waals surface area contributed by atoms with Crippen LogP contribution in [0.25, 0.3) is 11.7 Å². The smallest absolute Gasteiger partial charge is 0.269 e. The van der Waals surface area contributed by atoms with Gasteiger partial charge >= 0.3 is 0 Å². The number of benzene rings is 2. The van der Waals surface area contributed by atoms with Gasteiger partial charge in [-0.25, -0.2) is 8.42 Å². The summed E-state index contributed by atoms with van der Waals surface area (Å²) in [6.07, 6.45) is 2.54. The average molecular weight is 458 g/mol. The summed E-state index contributed by atoms with van der Waals surface area (Å²) in [7, 11) is -4.17. The molecule has 7 nitrogen and oxygen atoms in total. The summed E-state index contributed by atoms with van der Waals surface area (Å²) in [5.41, 5.74) is 1.30. The average Bonchev–Trinajstić information content (AvgIpc) is 2.80. The summed E-state index contributed by atoms with van der Waals surface area (Å²) in [5.74, 6) is 0.367. The van der Waals surface area contributed by atoms with E-state index >= 15 is 0 Å². The number of para-hydroxylation sites is 1. The molecule has 0 aliphatic heterocycles. The number of aryl methyl sites for hydroxylation is 2. The molecular weight excluding hydrogens is 438 g/mol. The molecule has 4 aromatic rings. The van der Waals surface area contributed by atoms with Gasteiger partial charge in [0.2, 0.25) is 15.7 Å². The predicted molar refractivity (Wildman–Crippen MR) is 125 cm³/mol. The van der Waals surface area contributed by atoms with Gasteiger partial charge in [0.05, 0.1) is 4.90 Å². The van der Waals surface area contributed by atoms with Crippen LogP contribution in [0.1, 0.15) is 16.7 Å². The van der Waals surface area contributed by atoms with Crippen LogP contribution >= 0.6 is 0 Å². The highest BCUT2D eigenvalue weighted by molar-refractivity contribution is 7.95. The number of nitrogens with zero attached hydrogens (tertiary/aromatic N) is 3. The Morgan fingerprint density at radius 2 is 1.73 bits per heavy atom. The van der Waals surface area contributed by atoms with E-state index in [9.17, 15) is 18.5 Å². The van der Waals surface area contributed by atoms with Crippen molar-refractivity contribution in [2.75, 3.05) is 0 Å². The molecule has 0 saturated heterocycles. The Bertz CT molecular complexity index is 1600. The predicted octanol–water partition coefficient (Wildman–Crippen LogP) is 4.44. The maximum Gasteiger partial charge on any atom is 0.269 e. The number of hydrogen-bond acceptors (Lipinski definition) is 6. The number of hydrogen-bond donors (Lipinski definition) is 0. The molecule has 0 atom stereocenters. The fourth-order valence-corrected chi connectivity index (χ4v) is 4.35. The van der Waals surface area contributed by atoms with E-state index in [2.05, 4.69) is 4.98 Å². The first-order valence-corrected chi connectivity index (χ1v) is 11.5. The molecule has 0 unspecified atom stereocenters. The van der Waals surface area contributed by atoms with Gasteiger partial charge in [-0.1, -0.05) is 42.0 Å². The topological polar surface area (TPSA) is 102 Å². The molecule has 0 spiro atoms. The van der Waals surface area contributed by atoms with Crippen molar-refractivity contribution in [2.45, 2.75) is 18.7 Å². The second kappa shape index (κ2) is 8.73. The van der Waals surface area contributed by atoms with Crippen LogP contribution in [0.15, 0.2) is 87.5 Å². The molecule has 0 amide bonds. The van der Waals surface area contributed by atoms with Crippen LogP contribution in [0.2, 0.25) is 0 Å². The first-order chi connectivity index (χ1) is 15.8. The van der Waals surface area contributed by atoms with Gasteiger partial charge in [-0.3, -0.25) is 9.20 Å². The Hall–Kier alpha value is -4.22. The SMILES string of the molecule is Cc1ccc(S(=O)(=O)/C(C#N)=C/c2c(Oc3ccccc3C)nc3ccccn3c2=O)cc1. The van der Waals surface area contributed by atoms with Gasteiger partial charge in [0.15, 0.2) is 0 Å². The fourth-order valence-electron chi connectivity index (χ4n) is 3.20. The molecule has 0 bridgehead atoms. The second-order valence-electron chi connectivity index (χ2n) is 7.37. The lowest BCUT2D eigenvalue weighted by Gasteiger charge is -2.12. The van der Waals surface area contributed by atoms with Crippen molar-refractivity contribution in [2.24, 2.45) is 0 Å². The van der Waals surface area contributed by atoms with E-state index in [0.717, 1.165) is 17.2 Å². The summed E-state index contributed by atoms with van der Waals surface area (Å²) < 4.78 is 33.4. The molecule has 4 rings (SSSR count). The van der Waals surface area contributed by atoms with E-state index in [1.807, 2.05) is 26.0 Å². The summed E-state index contributed by atoms with van der Waals surface area (Å²) in [6, 6.07) is 20.0. The number of rotatable bonds is 5. The van der Waals surface area contributed by atoms with Crippen LogP contribution in [0, 0.1) is 25.2 Å². The van der Waals surface area contributed by atoms with E-state index in [4.69, 9.17) is 4.74 Å². The molecule has 0 aliphatic rings. The van der Waals surface area contributed by atoms with Gasteiger partial charge in [0, 0.05) is 6.20 Å². The summed E-state index contributed by atoms with van der Waals surface area (Å²) in [4.78, 5) is 17.1. The number of aromatic nitrogens is 2. The van der Waals surface area contributed by atoms with E-state index in [1.165, 1.54) is 22.7 Å². The first kappa shape index (κ1) is 22.0. The zero-order valence-electron chi connectivity index (χ0n) is 17.9. The van der Waals surface area contributed by atoms with E-state index in [-0.39, 0.29) is 16.3 Å². The number of allylic oxidation sites excluding steroid dienone is 1. The fraction of sp³-hybridized carbons (Fsp3) is 0.0800. The maximum atomic E-state index is 13.3. The van der Waals surface area contributed by atoms with Crippen LogP contribution in [0.3, 0.4) is 0 Å². The van der Waals surface area contributed by atoms with Crippen LogP contribution in [-0.2, 0) is 9.84 Å². The van der Waals surface area contributed by atoms with Crippen molar-refractivity contribution in [3.63, 3.8) is 0 Å². The van der Waals surface area contributed by atoms with Crippen molar-refractivity contribution in [1.82, 2.24) is 9.38 Å². The molecule has 0 fully saturated rings. The van der Waals surface area contributed by atoms with E-state index in [1.54, 1.807) is 48.5 Å². The Balaban J connectivity index is 1.95. The number of ether oxygens (including phenoxy) is 1. The van der Waals surface area contributed by atoms with Crippen LogP contribution in [-0.4, -0.2) is 17.8 Å². The van der Waals surface area contributed by atoms with Gasteiger partial charge in [-0.05, 0) is 55.8 Å². The van der Waals surface area contributed by atoms with Crippen molar-refractivity contribution in [3.05, 3.63) is 105 Å². The third kappa shape index (κ3) is 4.27. The minimum Gasteiger partial charge on any atom is -0.438 e. The molecule has 0 saturated carbocycles. The number of sulfone groups is 1. The van der Waals surface area contributed by atoms with Crippen molar-refractivity contribution < 1.29 is 13.2 Å². The Morgan fingerprint density at radius 3 is 2.42 bits per heavy atom. The highest BCUT2D eigenvalue weighted by atomic mass is 32.2. The van der Waals surface area contributed by atoms with Gasteiger partial charge in [0.25, 0.3) is 5.56 Å². The quantitative estimate of drug-likeness (QED) is 0.411. The third-order valence-corrected chi connectivity index (χ3v) is 6.72. The Morgan fingerprint density at radius 1 is 1.03 bits per heavy atom. The molecule has 0 aliphatic carbocycles. The first-order valence-electron chi connectivity index (χ1n) is 9.99. The van der Waals surface area contributed by atoms with Crippen molar-refractivity contribution in [3.8, 4) is 17.7 Å². The second-order valence-corrected chi connectivity index (χ2v) is 9.29. The molecule has 2 aromatic heterocycles. The Labute approximate surface area is 190 Å². The standard InChI is InChI=1S/C25H19N3O4S/c1-17-10-12-19(13-11-17)33(30,31)20(16-26)15-21-24(32-22-8-4-3-7-18(22)2)27-23-9-5-6-14-28(23)25(21)29/h3-15H,1-2H3/b20-15+. The zero-order chi connectivity index (χ0) is 23.6. The number of nitriles is 1. The number of pyridine rings is 1. The monoisotopic (exact) mass is 457 g/mol. The lowest BCUT2D eigenvalue weighted by Crippen LogP contribution is -2.19. The molecule has 0 N–H and O–H groups in total. The minimum atomic E-state index is -4.17. The largest absolute Gasteiger partial charge is 0.438 e. The van der Waals surface area contributed by atoms with Gasteiger partial charge in [0.1, 0.15) is 27.9 Å². The maximum absolute atomic E-state index is 13.3. The van der Waals surface area contributed by atoms with Gasteiger partial charge in [-0.15, -0.1) is 0 Å². The van der Waals surface area contributed by atoms with Gasteiger partial charge in [-0.2, -0.15) is 10.2 Å². The normalized spacial score (nSPS) is 11.8. The molecule has 0 radical (unpaired) electrons. The van der Waals surface area contributed by atoms with Crippen LogP contribution in [0.4, 0.5) is 0 Å². The lowest BCUT2D eigenvalue weighted by atomic mass is 10.2. The lowest BCUT2D eigenvalue weighted by molar-refractivity contribution is 0.457. The summed E-state index contributed by atoms with van der Waals surface area (Å²) in [6.45, 7) is 3.66. The van der Waals surface area contributed by atoms with E-state index < -0.39 is 20.3 Å². The molecule has 164 valence electrons. The summed E-state index contributed by atoms with van der Waals surface area (Å²) >= 11 is 0. The highest BCUT2D eigenvalue weighted by Gasteiger charge is 2.23. The molecule has 2 heterocycles. The van der Waals surface area contributed by atoms with E-state index in [0.29, 0.717) is 11.4 Å². The Kier molecular flexibility index (Phi) is 5.82. The van der Waals surface area contributed by atoms with Crippen LogP contribution in [0.5, 0.6) is 11.6 Å². The van der Waals surface area contributed by atoms with Crippen LogP contribution < -0.4 is 10.3 Å². The van der Waals surface area contributed by atoms with Crippen molar-refractivity contribution >= 4 is 21.6 Å². The molecule has 33 heavy (non-hydrogen) atoms. The van der Waals surface area contributed by atoms with Crippen molar-refractivity contribution in [1.29, 1.82) is 5.26 Å². The molecule has 2 aromatic carbocycles. The number of fused-ring (bicyclic) bond motifs is 1.